The van der Waals surface area contributed by atoms with Gasteiger partial charge < -0.3 is 9.47 Å². The Kier molecular flexibility index (Phi) is 4.07. The van der Waals surface area contributed by atoms with E-state index in [1.807, 2.05) is 0 Å². The maximum absolute atomic E-state index is 11.9. The van der Waals surface area contributed by atoms with Gasteiger partial charge in [-0.3, -0.25) is 9.59 Å². The fourth-order valence-electron chi connectivity index (χ4n) is 2.29. The Morgan fingerprint density at radius 1 is 1.19 bits per heavy atom. The number of rotatable bonds is 3. The monoisotopic (exact) mass is 226 g/mol. The van der Waals surface area contributed by atoms with E-state index in [0.717, 1.165) is 26.1 Å². The lowest BCUT2D eigenvalue weighted by atomic mass is 9.87. The molecule has 0 N–H and O–H groups in total. The summed E-state index contributed by atoms with van der Waals surface area (Å²) in [6.45, 7) is 2.25. The maximum Gasteiger partial charge on any atom is 0.147 e. The van der Waals surface area contributed by atoms with E-state index in [1.165, 1.54) is 0 Å². The van der Waals surface area contributed by atoms with Crippen LogP contribution in [-0.4, -0.2) is 38.0 Å². The third-order valence-corrected chi connectivity index (χ3v) is 3.39. The molecule has 4 nitrogen and oxygen atoms in total. The first-order valence-corrected chi connectivity index (χ1v) is 5.98. The molecule has 0 bridgehead atoms. The molecule has 1 atom stereocenters. The second-order valence-electron chi connectivity index (χ2n) is 4.57. The van der Waals surface area contributed by atoms with E-state index in [9.17, 15) is 9.59 Å². The fraction of sp³-hybridized carbons (Fsp3) is 0.833. The van der Waals surface area contributed by atoms with E-state index in [2.05, 4.69) is 0 Å². The van der Waals surface area contributed by atoms with Crippen LogP contribution in [-0.2, 0) is 19.1 Å². The summed E-state index contributed by atoms with van der Waals surface area (Å²) in [4.78, 5) is 23.5. The van der Waals surface area contributed by atoms with Gasteiger partial charge in [0.25, 0.3) is 0 Å². The van der Waals surface area contributed by atoms with Gasteiger partial charge in [0.2, 0.25) is 0 Å². The number of Topliss-reactive ketones (excluding diaryl/α,β-unsaturated/α-hetero) is 2. The highest BCUT2D eigenvalue weighted by Crippen LogP contribution is 2.22. The van der Waals surface area contributed by atoms with E-state index < -0.39 is 5.92 Å². The minimum absolute atomic E-state index is 0.0586. The van der Waals surface area contributed by atoms with Crippen LogP contribution in [0.2, 0.25) is 0 Å². The zero-order chi connectivity index (χ0) is 11.4. The standard InChI is InChI=1S/C12H18O4/c13-11-3-6-16-8-10(11)12(14)7-9-1-4-15-5-2-9/h9-10H,1-8H2. The molecule has 2 fully saturated rings. The SMILES string of the molecule is O=C1CCOCC1C(=O)CC1CCOCC1. The van der Waals surface area contributed by atoms with Gasteiger partial charge in [-0.2, -0.15) is 0 Å². The van der Waals surface area contributed by atoms with E-state index in [0.29, 0.717) is 32.0 Å². The number of ketones is 2. The lowest BCUT2D eigenvalue weighted by Gasteiger charge is -2.24. The summed E-state index contributed by atoms with van der Waals surface area (Å²) >= 11 is 0. The topological polar surface area (TPSA) is 52.6 Å². The van der Waals surface area contributed by atoms with Gasteiger partial charge in [-0.05, 0) is 18.8 Å². The number of hydrogen-bond acceptors (Lipinski definition) is 4. The van der Waals surface area contributed by atoms with E-state index >= 15 is 0 Å². The molecule has 0 amide bonds. The Labute approximate surface area is 95.3 Å². The molecule has 2 aliphatic heterocycles. The summed E-state index contributed by atoms with van der Waals surface area (Å²) < 4.78 is 10.4. The molecule has 0 aliphatic carbocycles. The van der Waals surface area contributed by atoms with E-state index in [-0.39, 0.29) is 11.6 Å². The van der Waals surface area contributed by atoms with Crippen LogP contribution in [0.4, 0.5) is 0 Å². The van der Waals surface area contributed by atoms with Crippen molar-refractivity contribution < 1.29 is 19.1 Å². The van der Waals surface area contributed by atoms with Crippen LogP contribution in [0.1, 0.15) is 25.7 Å². The van der Waals surface area contributed by atoms with Crippen molar-refractivity contribution in [2.75, 3.05) is 26.4 Å². The van der Waals surface area contributed by atoms with Crippen LogP contribution in [0.15, 0.2) is 0 Å². The zero-order valence-electron chi connectivity index (χ0n) is 9.44. The van der Waals surface area contributed by atoms with Crippen molar-refractivity contribution in [2.24, 2.45) is 11.8 Å². The molecule has 2 rings (SSSR count). The van der Waals surface area contributed by atoms with Crippen molar-refractivity contribution in [3.63, 3.8) is 0 Å². The molecule has 1 unspecified atom stereocenters. The predicted molar refractivity (Wildman–Crippen MR) is 57.1 cm³/mol. The highest BCUT2D eigenvalue weighted by Gasteiger charge is 2.31. The zero-order valence-corrected chi connectivity index (χ0v) is 9.44. The minimum atomic E-state index is -0.489. The van der Waals surface area contributed by atoms with Crippen LogP contribution in [0.25, 0.3) is 0 Å². The molecule has 90 valence electrons. The number of carbonyl (C=O) groups is 2. The second-order valence-corrected chi connectivity index (χ2v) is 4.57. The molecular formula is C12H18O4. The third-order valence-electron chi connectivity index (χ3n) is 3.39. The maximum atomic E-state index is 11.9. The first kappa shape index (κ1) is 11.7. The molecule has 2 saturated heterocycles. The highest BCUT2D eigenvalue weighted by atomic mass is 16.5. The lowest BCUT2D eigenvalue weighted by Crippen LogP contribution is -2.35. The van der Waals surface area contributed by atoms with Crippen molar-refractivity contribution in [3.8, 4) is 0 Å². The van der Waals surface area contributed by atoms with Gasteiger partial charge >= 0.3 is 0 Å². The third kappa shape index (κ3) is 2.89. The van der Waals surface area contributed by atoms with Gasteiger partial charge in [-0.25, -0.2) is 0 Å². The van der Waals surface area contributed by atoms with Crippen LogP contribution < -0.4 is 0 Å². The molecule has 0 saturated carbocycles. The molecule has 0 radical (unpaired) electrons. The molecule has 4 heteroatoms. The van der Waals surface area contributed by atoms with Gasteiger partial charge in [0.05, 0.1) is 19.1 Å². The second kappa shape index (κ2) is 5.55. The molecule has 0 aromatic heterocycles. The fourth-order valence-corrected chi connectivity index (χ4v) is 2.29. The Balaban J connectivity index is 1.83. The molecule has 0 spiro atoms. The Hall–Kier alpha value is -0.740. The molecule has 2 aliphatic rings. The largest absolute Gasteiger partial charge is 0.381 e. The minimum Gasteiger partial charge on any atom is -0.381 e. The summed E-state index contributed by atoms with van der Waals surface area (Å²) in [5.74, 6) is 0.0347. The van der Waals surface area contributed by atoms with Crippen LogP contribution in [0.3, 0.4) is 0 Å². The van der Waals surface area contributed by atoms with Crippen molar-refractivity contribution in [1.82, 2.24) is 0 Å². The quantitative estimate of drug-likeness (QED) is 0.673. The van der Waals surface area contributed by atoms with Gasteiger partial charge in [0.15, 0.2) is 0 Å². The molecule has 2 heterocycles. The van der Waals surface area contributed by atoms with Crippen molar-refractivity contribution in [2.45, 2.75) is 25.7 Å². The Morgan fingerprint density at radius 3 is 2.62 bits per heavy atom. The molecular weight excluding hydrogens is 208 g/mol. The number of hydrogen-bond donors (Lipinski definition) is 0. The van der Waals surface area contributed by atoms with Gasteiger partial charge in [0.1, 0.15) is 11.6 Å². The van der Waals surface area contributed by atoms with Crippen LogP contribution >= 0.6 is 0 Å². The predicted octanol–water partition coefficient (Wildman–Crippen LogP) is 0.978. The van der Waals surface area contributed by atoms with Gasteiger partial charge in [0, 0.05) is 26.1 Å². The molecule has 16 heavy (non-hydrogen) atoms. The highest BCUT2D eigenvalue weighted by molar-refractivity contribution is 6.02. The molecule has 0 aromatic carbocycles. The first-order valence-electron chi connectivity index (χ1n) is 5.98. The van der Waals surface area contributed by atoms with Crippen molar-refractivity contribution in [3.05, 3.63) is 0 Å². The summed E-state index contributed by atoms with van der Waals surface area (Å²) in [5.41, 5.74) is 0. The first-order chi connectivity index (χ1) is 7.77. The van der Waals surface area contributed by atoms with Crippen molar-refractivity contribution >= 4 is 11.6 Å². The van der Waals surface area contributed by atoms with Crippen LogP contribution in [0.5, 0.6) is 0 Å². The lowest BCUT2D eigenvalue weighted by molar-refractivity contribution is -0.140. The number of ether oxygens (including phenoxy) is 2. The average Bonchev–Trinajstić information content (AvgIpc) is 2.31. The van der Waals surface area contributed by atoms with Crippen molar-refractivity contribution in [1.29, 1.82) is 0 Å². The van der Waals surface area contributed by atoms with Gasteiger partial charge in [-0.15, -0.1) is 0 Å². The smallest absolute Gasteiger partial charge is 0.147 e. The van der Waals surface area contributed by atoms with Crippen LogP contribution in [0, 0.1) is 11.8 Å². The average molecular weight is 226 g/mol. The Bertz CT molecular complexity index is 268. The van der Waals surface area contributed by atoms with E-state index in [1.54, 1.807) is 0 Å². The summed E-state index contributed by atoms with van der Waals surface area (Å²) in [6, 6.07) is 0. The normalized spacial score (nSPS) is 28.0. The summed E-state index contributed by atoms with van der Waals surface area (Å²) in [6.07, 6.45) is 2.79. The Morgan fingerprint density at radius 2 is 1.94 bits per heavy atom. The summed E-state index contributed by atoms with van der Waals surface area (Å²) in [5, 5.41) is 0. The number of carbonyl (C=O) groups excluding carboxylic acids is 2. The molecule has 0 aromatic rings. The summed E-state index contributed by atoms with van der Waals surface area (Å²) in [7, 11) is 0. The van der Waals surface area contributed by atoms with E-state index in [4.69, 9.17) is 9.47 Å². The van der Waals surface area contributed by atoms with Gasteiger partial charge in [-0.1, -0.05) is 0 Å².